The van der Waals surface area contributed by atoms with Gasteiger partial charge in [0.15, 0.2) is 5.69 Å². The minimum Gasteiger partial charge on any atom is -0.461 e. The second-order valence-electron chi connectivity index (χ2n) is 7.77. The van der Waals surface area contributed by atoms with Gasteiger partial charge in [-0.15, -0.1) is 11.3 Å². The number of hydrogen-bond donors (Lipinski definition) is 0. The van der Waals surface area contributed by atoms with E-state index in [1.165, 1.54) is 15.6 Å². The minimum absolute atomic E-state index is 0.0512. The lowest BCUT2D eigenvalue weighted by molar-refractivity contribution is 0.0520. The molecule has 28 heavy (non-hydrogen) atoms. The zero-order valence-electron chi connectivity index (χ0n) is 17.2. The quantitative estimate of drug-likeness (QED) is 0.622. The normalized spacial score (nSPS) is 12.6. The number of rotatable bonds is 7. The molecule has 1 aromatic heterocycles. The fourth-order valence-electron chi connectivity index (χ4n) is 2.62. The third-order valence-corrected chi connectivity index (χ3v) is 7.10. The SMILES string of the molecule is CCOC(=O)c1csc(CN(C(C)C)S(=O)(=O)c2ccc(C(C)(C)C)cc2)n1. The predicted molar refractivity (Wildman–Crippen MR) is 111 cm³/mol. The molecule has 0 aliphatic rings. The van der Waals surface area contributed by atoms with Gasteiger partial charge in [-0.1, -0.05) is 32.9 Å². The van der Waals surface area contributed by atoms with E-state index in [-0.39, 0.29) is 35.2 Å². The molecule has 0 saturated heterocycles. The van der Waals surface area contributed by atoms with Crippen LogP contribution in [0.4, 0.5) is 0 Å². The second-order valence-corrected chi connectivity index (χ2v) is 10.6. The number of thiazole rings is 1. The third-order valence-electron chi connectivity index (χ3n) is 4.23. The van der Waals surface area contributed by atoms with Crippen LogP contribution < -0.4 is 0 Å². The number of carbonyl (C=O) groups is 1. The van der Waals surface area contributed by atoms with Crippen molar-refractivity contribution in [3.05, 3.63) is 45.9 Å². The number of aromatic nitrogens is 1. The van der Waals surface area contributed by atoms with Gasteiger partial charge in [0.25, 0.3) is 0 Å². The molecule has 6 nitrogen and oxygen atoms in total. The summed E-state index contributed by atoms with van der Waals surface area (Å²) in [4.78, 5) is 16.3. The Balaban J connectivity index is 2.28. The first-order valence-corrected chi connectivity index (χ1v) is 11.5. The van der Waals surface area contributed by atoms with Gasteiger partial charge in [0.2, 0.25) is 10.0 Å². The molecule has 8 heteroatoms. The smallest absolute Gasteiger partial charge is 0.357 e. The minimum atomic E-state index is -3.70. The van der Waals surface area contributed by atoms with Crippen LogP contribution in [0.5, 0.6) is 0 Å². The molecule has 0 bridgehead atoms. The van der Waals surface area contributed by atoms with Crippen LogP contribution in [0.25, 0.3) is 0 Å². The van der Waals surface area contributed by atoms with Gasteiger partial charge in [0, 0.05) is 11.4 Å². The summed E-state index contributed by atoms with van der Waals surface area (Å²) in [6.45, 7) is 12.0. The molecule has 0 radical (unpaired) electrons. The van der Waals surface area contributed by atoms with E-state index in [1.54, 1.807) is 24.4 Å². The van der Waals surface area contributed by atoms with E-state index in [4.69, 9.17) is 4.74 Å². The van der Waals surface area contributed by atoms with E-state index in [0.29, 0.717) is 5.01 Å². The Morgan fingerprint density at radius 3 is 2.32 bits per heavy atom. The predicted octanol–water partition coefficient (Wildman–Crippen LogP) is 4.22. The van der Waals surface area contributed by atoms with E-state index < -0.39 is 16.0 Å². The molecule has 0 fully saturated rings. The van der Waals surface area contributed by atoms with Crippen molar-refractivity contribution in [2.24, 2.45) is 0 Å². The molecule has 0 saturated carbocycles. The van der Waals surface area contributed by atoms with Gasteiger partial charge in [-0.05, 0) is 43.9 Å². The van der Waals surface area contributed by atoms with Crippen LogP contribution in [0.3, 0.4) is 0 Å². The molecular weight excluding hydrogens is 396 g/mol. The van der Waals surface area contributed by atoms with Crippen LogP contribution in [-0.4, -0.2) is 36.3 Å². The summed E-state index contributed by atoms with van der Waals surface area (Å²) in [6, 6.07) is 6.75. The summed E-state index contributed by atoms with van der Waals surface area (Å²) in [5.41, 5.74) is 1.23. The number of nitrogens with zero attached hydrogens (tertiary/aromatic N) is 2. The van der Waals surface area contributed by atoms with Crippen LogP contribution >= 0.6 is 11.3 Å². The van der Waals surface area contributed by atoms with Gasteiger partial charge in [-0.2, -0.15) is 4.31 Å². The fourth-order valence-corrected chi connectivity index (χ4v) is 5.06. The number of sulfonamides is 1. The number of benzene rings is 1. The first-order chi connectivity index (χ1) is 13.0. The summed E-state index contributed by atoms with van der Waals surface area (Å²) in [5, 5.41) is 2.14. The first-order valence-electron chi connectivity index (χ1n) is 9.20. The third kappa shape index (κ3) is 5.18. The topological polar surface area (TPSA) is 76.6 Å². The van der Waals surface area contributed by atoms with Crippen molar-refractivity contribution in [2.75, 3.05) is 6.61 Å². The molecule has 0 N–H and O–H groups in total. The molecule has 0 spiro atoms. The van der Waals surface area contributed by atoms with Gasteiger partial charge in [-0.25, -0.2) is 18.2 Å². The molecule has 0 amide bonds. The maximum Gasteiger partial charge on any atom is 0.357 e. The Bertz CT molecular complexity index is 910. The Morgan fingerprint density at radius 2 is 1.82 bits per heavy atom. The van der Waals surface area contributed by atoms with Crippen LogP contribution in [0, 0.1) is 0 Å². The van der Waals surface area contributed by atoms with Gasteiger partial charge in [0.05, 0.1) is 18.0 Å². The number of ether oxygens (including phenoxy) is 1. The zero-order chi connectivity index (χ0) is 21.1. The highest BCUT2D eigenvalue weighted by molar-refractivity contribution is 7.89. The average molecular weight is 425 g/mol. The number of carbonyl (C=O) groups excluding carboxylic acids is 1. The van der Waals surface area contributed by atoms with Gasteiger partial charge in [-0.3, -0.25) is 0 Å². The monoisotopic (exact) mass is 424 g/mol. The van der Waals surface area contributed by atoms with Crippen molar-refractivity contribution < 1.29 is 17.9 Å². The Hall–Kier alpha value is -1.77. The van der Waals surface area contributed by atoms with Gasteiger partial charge >= 0.3 is 5.97 Å². The van der Waals surface area contributed by atoms with E-state index >= 15 is 0 Å². The van der Waals surface area contributed by atoms with Crippen molar-refractivity contribution in [3.63, 3.8) is 0 Å². The lowest BCUT2D eigenvalue weighted by atomic mass is 9.87. The van der Waals surface area contributed by atoms with Crippen molar-refractivity contribution in [2.45, 2.75) is 64.4 Å². The lowest BCUT2D eigenvalue weighted by Gasteiger charge is -2.25. The number of hydrogen-bond acceptors (Lipinski definition) is 6. The molecule has 0 aliphatic carbocycles. The van der Waals surface area contributed by atoms with Crippen molar-refractivity contribution in [3.8, 4) is 0 Å². The molecule has 1 heterocycles. The van der Waals surface area contributed by atoms with Crippen molar-refractivity contribution >= 4 is 27.3 Å². The van der Waals surface area contributed by atoms with Crippen LogP contribution in [0.15, 0.2) is 34.5 Å². The summed E-state index contributed by atoms with van der Waals surface area (Å²) in [7, 11) is -3.70. The molecule has 0 aliphatic heterocycles. The van der Waals surface area contributed by atoms with Crippen molar-refractivity contribution in [1.82, 2.24) is 9.29 Å². The Kier molecular flexibility index (Phi) is 7.01. The van der Waals surface area contributed by atoms with E-state index in [2.05, 4.69) is 25.8 Å². The van der Waals surface area contributed by atoms with Crippen LogP contribution in [-0.2, 0) is 26.7 Å². The summed E-state index contributed by atoms with van der Waals surface area (Å²) in [6.07, 6.45) is 0. The lowest BCUT2D eigenvalue weighted by Crippen LogP contribution is -2.36. The highest BCUT2D eigenvalue weighted by atomic mass is 32.2. The molecule has 2 rings (SSSR count). The van der Waals surface area contributed by atoms with E-state index in [9.17, 15) is 13.2 Å². The summed E-state index contributed by atoms with van der Waals surface area (Å²) >= 11 is 1.25. The highest BCUT2D eigenvalue weighted by Gasteiger charge is 2.29. The highest BCUT2D eigenvalue weighted by Crippen LogP contribution is 2.26. The molecule has 1 aromatic carbocycles. The van der Waals surface area contributed by atoms with Crippen molar-refractivity contribution in [1.29, 1.82) is 0 Å². The fraction of sp³-hybridized carbons (Fsp3) is 0.500. The standard InChI is InChI=1S/C20H28N2O4S2/c1-7-26-19(23)17-13-27-18(21-17)12-22(14(2)3)28(24,25)16-10-8-15(9-11-16)20(4,5)6/h8-11,13-14H,7,12H2,1-6H3. The zero-order valence-corrected chi connectivity index (χ0v) is 18.9. The van der Waals surface area contributed by atoms with Crippen LogP contribution in [0.1, 0.15) is 62.6 Å². The Labute approximate surface area is 171 Å². The molecular formula is C20H28N2O4S2. The van der Waals surface area contributed by atoms with E-state index in [0.717, 1.165) is 5.56 Å². The largest absolute Gasteiger partial charge is 0.461 e. The molecule has 154 valence electrons. The van der Waals surface area contributed by atoms with Crippen LogP contribution in [0.2, 0.25) is 0 Å². The van der Waals surface area contributed by atoms with E-state index in [1.807, 2.05) is 26.0 Å². The molecule has 0 unspecified atom stereocenters. The Morgan fingerprint density at radius 1 is 1.21 bits per heavy atom. The maximum absolute atomic E-state index is 13.2. The van der Waals surface area contributed by atoms with Gasteiger partial charge < -0.3 is 4.74 Å². The summed E-state index contributed by atoms with van der Waals surface area (Å²) < 4.78 is 32.7. The summed E-state index contributed by atoms with van der Waals surface area (Å²) in [5.74, 6) is -0.498. The number of esters is 1. The molecule has 0 atom stereocenters. The first kappa shape index (κ1) is 22.5. The maximum atomic E-state index is 13.2. The molecule has 2 aromatic rings. The second kappa shape index (κ2) is 8.71. The average Bonchev–Trinajstić information content (AvgIpc) is 3.08. The van der Waals surface area contributed by atoms with Gasteiger partial charge in [0.1, 0.15) is 5.01 Å².